The van der Waals surface area contributed by atoms with E-state index in [4.69, 9.17) is 9.47 Å². The molecule has 0 unspecified atom stereocenters. The number of carbonyl (C=O) groups excluding carboxylic acids is 1. The van der Waals surface area contributed by atoms with E-state index in [0.717, 1.165) is 28.7 Å². The molecule has 6 nitrogen and oxygen atoms in total. The molecule has 0 aliphatic carbocycles. The average Bonchev–Trinajstić information content (AvgIpc) is 3.01. The van der Waals surface area contributed by atoms with Gasteiger partial charge in [-0.1, -0.05) is 0 Å². The Morgan fingerprint density at radius 3 is 2.83 bits per heavy atom. The van der Waals surface area contributed by atoms with Gasteiger partial charge in [-0.05, 0) is 24.3 Å². The van der Waals surface area contributed by atoms with Gasteiger partial charge in [-0.25, -0.2) is 4.98 Å². The number of nitrogens with one attached hydrogen (secondary N) is 1. The van der Waals surface area contributed by atoms with E-state index in [9.17, 15) is 4.79 Å². The molecule has 1 aromatic carbocycles. The van der Waals surface area contributed by atoms with Crippen molar-refractivity contribution in [3.8, 4) is 11.5 Å². The molecule has 0 bridgehead atoms. The highest BCUT2D eigenvalue weighted by Crippen LogP contribution is 2.19. The number of ether oxygens (including phenoxy) is 2. The van der Waals surface area contributed by atoms with Gasteiger partial charge in [0.2, 0.25) is 5.91 Å². The minimum absolute atomic E-state index is 0.0783. The fourth-order valence-electron chi connectivity index (χ4n) is 2.36. The van der Waals surface area contributed by atoms with Gasteiger partial charge in [0.05, 0.1) is 19.3 Å². The molecule has 1 saturated heterocycles. The highest BCUT2D eigenvalue weighted by Gasteiger charge is 2.17. The number of thiazole rings is 1. The molecular formula is C16H19N3O3S. The van der Waals surface area contributed by atoms with Crippen LogP contribution in [-0.2, 0) is 17.9 Å². The van der Waals surface area contributed by atoms with Crippen LogP contribution in [-0.4, -0.2) is 42.5 Å². The first-order valence-corrected chi connectivity index (χ1v) is 8.30. The second-order valence-corrected chi connectivity index (χ2v) is 6.20. The minimum atomic E-state index is 0.0783. The number of nitrogens with zero attached hydrogens (tertiary/aromatic N) is 2. The Kier molecular flexibility index (Phi) is 5.09. The lowest BCUT2D eigenvalue weighted by molar-refractivity contribution is -0.124. The number of hydrogen-bond acceptors (Lipinski definition) is 6. The molecule has 23 heavy (non-hydrogen) atoms. The number of piperazine rings is 1. The van der Waals surface area contributed by atoms with Crippen molar-refractivity contribution >= 4 is 17.2 Å². The number of hydrogen-bond donors (Lipinski definition) is 1. The molecular weight excluding hydrogens is 314 g/mol. The highest BCUT2D eigenvalue weighted by atomic mass is 32.1. The Morgan fingerprint density at radius 1 is 1.30 bits per heavy atom. The van der Waals surface area contributed by atoms with E-state index in [1.54, 1.807) is 18.4 Å². The standard InChI is InChI=1S/C16H19N3O3S/c1-21-13-2-4-14(5-3-13)22-10-16-18-12(11-23-16)8-19-7-6-17-15(20)9-19/h2-5,11H,6-10H2,1H3,(H,17,20). The highest BCUT2D eigenvalue weighted by molar-refractivity contribution is 7.09. The summed E-state index contributed by atoms with van der Waals surface area (Å²) in [5.41, 5.74) is 0.984. The Morgan fingerprint density at radius 2 is 2.09 bits per heavy atom. The molecule has 0 radical (unpaired) electrons. The van der Waals surface area contributed by atoms with Crippen LogP contribution in [0.4, 0.5) is 0 Å². The summed E-state index contributed by atoms with van der Waals surface area (Å²) in [5, 5.41) is 5.78. The van der Waals surface area contributed by atoms with Crippen molar-refractivity contribution in [3.05, 3.63) is 40.3 Å². The molecule has 1 aromatic heterocycles. The summed E-state index contributed by atoms with van der Waals surface area (Å²) >= 11 is 1.58. The Hall–Kier alpha value is -2.12. The van der Waals surface area contributed by atoms with Crippen LogP contribution in [0.5, 0.6) is 11.5 Å². The Balaban J connectivity index is 1.51. The molecule has 0 atom stereocenters. The van der Waals surface area contributed by atoms with Gasteiger partial charge in [0, 0.05) is 25.0 Å². The fourth-order valence-corrected chi connectivity index (χ4v) is 3.06. The van der Waals surface area contributed by atoms with Crippen LogP contribution in [0.2, 0.25) is 0 Å². The summed E-state index contributed by atoms with van der Waals surface area (Å²) in [6.07, 6.45) is 0. The summed E-state index contributed by atoms with van der Waals surface area (Å²) < 4.78 is 10.8. The van der Waals surface area contributed by atoms with E-state index in [-0.39, 0.29) is 5.91 Å². The van der Waals surface area contributed by atoms with Gasteiger partial charge in [0.1, 0.15) is 23.1 Å². The summed E-state index contributed by atoms with van der Waals surface area (Å²) in [5.74, 6) is 1.67. The van der Waals surface area contributed by atoms with Gasteiger partial charge >= 0.3 is 0 Å². The maximum atomic E-state index is 11.4. The van der Waals surface area contributed by atoms with E-state index in [0.29, 0.717) is 26.2 Å². The fraction of sp³-hybridized carbons (Fsp3) is 0.375. The second kappa shape index (κ2) is 7.43. The molecule has 7 heteroatoms. The number of aromatic nitrogens is 1. The van der Waals surface area contributed by atoms with Crippen LogP contribution in [0.3, 0.4) is 0 Å². The average molecular weight is 333 g/mol. The molecule has 1 fully saturated rings. The predicted octanol–water partition coefficient (Wildman–Crippen LogP) is 1.66. The normalized spacial score (nSPS) is 15.3. The first-order valence-electron chi connectivity index (χ1n) is 7.42. The lowest BCUT2D eigenvalue weighted by Gasteiger charge is -2.25. The monoisotopic (exact) mass is 333 g/mol. The van der Waals surface area contributed by atoms with Crippen LogP contribution >= 0.6 is 11.3 Å². The zero-order valence-corrected chi connectivity index (χ0v) is 13.8. The van der Waals surface area contributed by atoms with Gasteiger partial charge in [-0.3, -0.25) is 9.69 Å². The molecule has 1 N–H and O–H groups in total. The molecule has 0 spiro atoms. The van der Waals surface area contributed by atoms with Gasteiger partial charge in [0.15, 0.2) is 0 Å². The summed E-state index contributed by atoms with van der Waals surface area (Å²) in [4.78, 5) is 18.0. The number of methoxy groups -OCH3 is 1. The van der Waals surface area contributed by atoms with E-state index in [1.165, 1.54) is 0 Å². The number of rotatable bonds is 6. The molecule has 3 rings (SSSR count). The van der Waals surface area contributed by atoms with Crippen LogP contribution in [0.15, 0.2) is 29.6 Å². The third-order valence-electron chi connectivity index (χ3n) is 3.52. The zero-order chi connectivity index (χ0) is 16.1. The van der Waals surface area contributed by atoms with Gasteiger partial charge in [0.25, 0.3) is 0 Å². The first kappa shape index (κ1) is 15.8. The van der Waals surface area contributed by atoms with Crippen molar-refractivity contribution in [2.75, 3.05) is 26.7 Å². The summed E-state index contributed by atoms with van der Waals surface area (Å²) in [7, 11) is 1.64. The molecule has 2 aromatic rings. The SMILES string of the molecule is COc1ccc(OCc2nc(CN3CCNC(=O)C3)cs2)cc1. The third kappa shape index (κ3) is 4.43. The molecule has 2 heterocycles. The predicted molar refractivity (Wildman–Crippen MR) is 87.7 cm³/mol. The third-order valence-corrected chi connectivity index (χ3v) is 4.40. The topological polar surface area (TPSA) is 63.7 Å². The van der Waals surface area contributed by atoms with Crippen molar-refractivity contribution in [3.63, 3.8) is 0 Å². The maximum Gasteiger partial charge on any atom is 0.234 e. The van der Waals surface area contributed by atoms with Crippen LogP contribution in [0.25, 0.3) is 0 Å². The number of amides is 1. The van der Waals surface area contributed by atoms with Crippen molar-refractivity contribution in [1.29, 1.82) is 0 Å². The van der Waals surface area contributed by atoms with Gasteiger partial charge < -0.3 is 14.8 Å². The molecule has 1 aliphatic heterocycles. The van der Waals surface area contributed by atoms with E-state index < -0.39 is 0 Å². The second-order valence-electron chi connectivity index (χ2n) is 5.26. The van der Waals surface area contributed by atoms with Crippen molar-refractivity contribution in [1.82, 2.24) is 15.2 Å². The minimum Gasteiger partial charge on any atom is -0.497 e. The largest absolute Gasteiger partial charge is 0.497 e. The maximum absolute atomic E-state index is 11.4. The zero-order valence-electron chi connectivity index (χ0n) is 12.9. The van der Waals surface area contributed by atoms with Crippen molar-refractivity contribution in [2.45, 2.75) is 13.2 Å². The van der Waals surface area contributed by atoms with Crippen molar-refractivity contribution < 1.29 is 14.3 Å². The smallest absolute Gasteiger partial charge is 0.234 e. The van der Waals surface area contributed by atoms with E-state index in [1.807, 2.05) is 29.6 Å². The van der Waals surface area contributed by atoms with Crippen LogP contribution in [0, 0.1) is 0 Å². The molecule has 0 saturated carbocycles. The first-order chi connectivity index (χ1) is 11.2. The number of benzene rings is 1. The Bertz CT molecular complexity index is 657. The number of carbonyl (C=O) groups is 1. The lowest BCUT2D eigenvalue weighted by atomic mass is 10.3. The molecule has 1 amide bonds. The Labute approximate surface area is 139 Å². The van der Waals surface area contributed by atoms with Crippen LogP contribution in [0.1, 0.15) is 10.7 Å². The van der Waals surface area contributed by atoms with E-state index >= 15 is 0 Å². The molecule has 122 valence electrons. The summed E-state index contributed by atoms with van der Waals surface area (Å²) in [6, 6.07) is 7.48. The molecule has 1 aliphatic rings. The quantitative estimate of drug-likeness (QED) is 0.871. The van der Waals surface area contributed by atoms with Gasteiger partial charge in [-0.15, -0.1) is 11.3 Å². The van der Waals surface area contributed by atoms with Crippen molar-refractivity contribution in [2.24, 2.45) is 0 Å². The van der Waals surface area contributed by atoms with E-state index in [2.05, 4.69) is 15.2 Å². The van der Waals surface area contributed by atoms with Crippen LogP contribution < -0.4 is 14.8 Å². The summed E-state index contributed by atoms with van der Waals surface area (Å²) in [6.45, 7) is 3.15. The van der Waals surface area contributed by atoms with Gasteiger partial charge in [-0.2, -0.15) is 0 Å². The lowest BCUT2D eigenvalue weighted by Crippen LogP contribution is -2.47.